The highest BCUT2D eigenvalue weighted by molar-refractivity contribution is 6.36. The van der Waals surface area contributed by atoms with Crippen LogP contribution in [0.1, 0.15) is 16.7 Å². The summed E-state index contributed by atoms with van der Waals surface area (Å²) < 4.78 is 10.9. The Hall–Kier alpha value is -4.39. The van der Waals surface area contributed by atoms with Crippen LogP contribution in [0.4, 0.5) is 10.5 Å². The first-order valence-electron chi connectivity index (χ1n) is 14.9. The number of urea groups is 1. The highest BCUT2D eigenvalue weighted by atomic mass is 35.5. The summed E-state index contributed by atoms with van der Waals surface area (Å²) in [6.45, 7) is 0.183. The number of hydrogen-bond acceptors (Lipinski definition) is 8. The number of piperazine rings is 1. The Bertz CT molecular complexity index is 1660. The fraction of sp³-hybridized carbons (Fsp3) is 0.364. The van der Waals surface area contributed by atoms with Crippen LogP contribution in [0.3, 0.4) is 0 Å². The fourth-order valence-electron chi connectivity index (χ4n) is 6.29. The molecule has 0 saturated carbocycles. The first kappa shape index (κ1) is 34.0. The van der Waals surface area contributed by atoms with E-state index in [1.165, 1.54) is 36.3 Å². The number of anilines is 1. The molecule has 2 N–H and O–H groups in total. The summed E-state index contributed by atoms with van der Waals surface area (Å²) in [7, 11) is 8.44. The van der Waals surface area contributed by atoms with Gasteiger partial charge in [0.25, 0.3) is 0 Å². The molecule has 0 spiro atoms. The van der Waals surface area contributed by atoms with Crippen molar-refractivity contribution in [2.24, 2.45) is 0 Å². The van der Waals surface area contributed by atoms with Crippen molar-refractivity contribution in [2.45, 2.75) is 31.7 Å². The molecule has 3 aromatic carbocycles. The number of aromatic hydroxyl groups is 1. The average molecular weight is 686 g/mol. The number of hydrazine groups is 1. The van der Waals surface area contributed by atoms with Crippen LogP contribution in [0.15, 0.2) is 54.6 Å². The number of nitrogens with one attached hydrogen (secondary N) is 1. The topological polar surface area (TPSA) is 118 Å². The number of rotatable bonds is 9. The van der Waals surface area contributed by atoms with Gasteiger partial charge in [-0.2, -0.15) is 0 Å². The van der Waals surface area contributed by atoms with E-state index in [0.717, 1.165) is 5.56 Å². The number of phenols is 1. The second kappa shape index (κ2) is 14.2. The van der Waals surface area contributed by atoms with Crippen molar-refractivity contribution in [3.8, 4) is 17.2 Å². The first-order valence-corrected chi connectivity index (χ1v) is 15.7. The molecular formula is C33H38Cl2N6O6. The normalized spacial score (nSPS) is 18.2. The van der Waals surface area contributed by atoms with Crippen LogP contribution < -0.4 is 19.7 Å². The number of carbonyl (C=O) groups is 3. The Balaban J connectivity index is 1.50. The number of likely N-dealkylation sites (N-methyl/N-ethyl adjacent to an activating group) is 1. The molecule has 250 valence electrons. The maximum Gasteiger partial charge on any atom is 0.334 e. The SMILES string of the molecule is COc1cccc(CNC(=O)N2C3CN(Cc4cc(Cl)cc(Cl)c4N(C)C)C(=O)[C@H](Cc4ccc(O)cc4)N3C(=O)CN2C)c1OC. The molecule has 2 aliphatic rings. The summed E-state index contributed by atoms with van der Waals surface area (Å²) >= 11 is 13.0. The van der Waals surface area contributed by atoms with Gasteiger partial charge >= 0.3 is 6.03 Å². The minimum atomic E-state index is -0.925. The van der Waals surface area contributed by atoms with E-state index < -0.39 is 18.2 Å². The third kappa shape index (κ3) is 6.99. The van der Waals surface area contributed by atoms with Crippen LogP contribution in [-0.4, -0.2) is 103 Å². The van der Waals surface area contributed by atoms with Crippen LogP contribution in [0, 0.1) is 0 Å². The maximum absolute atomic E-state index is 14.3. The Labute approximate surface area is 283 Å². The van der Waals surface area contributed by atoms with Crippen molar-refractivity contribution in [2.75, 3.05) is 53.4 Å². The Morgan fingerprint density at radius 3 is 2.43 bits per heavy atom. The minimum absolute atomic E-state index is 0.0356. The van der Waals surface area contributed by atoms with E-state index in [1.807, 2.05) is 25.1 Å². The number of fused-ring (bicyclic) bond motifs is 1. The van der Waals surface area contributed by atoms with E-state index in [1.54, 1.807) is 53.4 Å². The van der Waals surface area contributed by atoms with Gasteiger partial charge in [0, 0.05) is 51.2 Å². The predicted octanol–water partition coefficient (Wildman–Crippen LogP) is 3.96. The molecular weight excluding hydrogens is 647 g/mol. The van der Waals surface area contributed by atoms with Gasteiger partial charge < -0.3 is 34.6 Å². The molecule has 2 fully saturated rings. The third-order valence-electron chi connectivity index (χ3n) is 8.34. The molecule has 47 heavy (non-hydrogen) atoms. The van der Waals surface area contributed by atoms with Gasteiger partial charge in [-0.1, -0.05) is 47.5 Å². The number of carbonyl (C=O) groups excluding carboxylic acids is 3. The van der Waals surface area contributed by atoms with E-state index in [4.69, 9.17) is 32.7 Å². The molecule has 0 radical (unpaired) electrons. The molecule has 2 aliphatic heterocycles. The van der Waals surface area contributed by atoms with Crippen LogP contribution >= 0.6 is 23.2 Å². The second-order valence-electron chi connectivity index (χ2n) is 11.6. The molecule has 14 heteroatoms. The van der Waals surface area contributed by atoms with E-state index in [-0.39, 0.29) is 50.2 Å². The van der Waals surface area contributed by atoms with Gasteiger partial charge in [-0.05, 0) is 41.5 Å². The zero-order valence-electron chi connectivity index (χ0n) is 26.9. The van der Waals surface area contributed by atoms with Gasteiger partial charge in [0.15, 0.2) is 11.5 Å². The van der Waals surface area contributed by atoms with Crippen LogP contribution in [-0.2, 0) is 29.1 Å². The lowest BCUT2D eigenvalue weighted by Gasteiger charge is -2.54. The smallest absolute Gasteiger partial charge is 0.334 e. The number of methoxy groups -OCH3 is 2. The van der Waals surface area contributed by atoms with Crippen molar-refractivity contribution in [1.82, 2.24) is 25.1 Å². The van der Waals surface area contributed by atoms with E-state index in [2.05, 4.69) is 5.32 Å². The molecule has 4 amide bonds. The summed E-state index contributed by atoms with van der Waals surface area (Å²) in [6, 6.07) is 13.9. The van der Waals surface area contributed by atoms with Gasteiger partial charge in [0.05, 0.1) is 38.0 Å². The molecule has 0 bridgehead atoms. The highest BCUT2D eigenvalue weighted by Crippen LogP contribution is 2.36. The number of amides is 4. The lowest BCUT2D eigenvalue weighted by molar-refractivity contribution is -0.187. The van der Waals surface area contributed by atoms with Gasteiger partial charge in [-0.3, -0.25) is 9.59 Å². The molecule has 5 rings (SSSR count). The largest absolute Gasteiger partial charge is 0.508 e. The molecule has 2 heterocycles. The average Bonchev–Trinajstić information content (AvgIpc) is 3.02. The quantitative estimate of drug-likeness (QED) is 0.348. The standard InChI is InChI=1S/C33H38Cl2N6O6/c1-37(2)30-22(14-23(34)15-25(30)35)17-39-18-28-40(26(32(39)44)13-20-9-11-24(42)12-10-20)29(43)19-38(3)41(28)33(45)36-16-21-7-6-8-27(46-4)31(21)47-5/h6-12,14-15,26,28,42H,13,16-19H2,1-5H3,(H,36,45)/t26-,28?/m0/s1. The monoisotopic (exact) mass is 684 g/mol. The Morgan fingerprint density at radius 2 is 1.77 bits per heavy atom. The van der Waals surface area contributed by atoms with E-state index >= 15 is 0 Å². The molecule has 1 unspecified atom stereocenters. The van der Waals surface area contributed by atoms with Gasteiger partial charge in [-0.15, -0.1) is 0 Å². The number of ether oxygens (including phenoxy) is 2. The zero-order valence-corrected chi connectivity index (χ0v) is 28.4. The van der Waals surface area contributed by atoms with Crippen molar-refractivity contribution >= 4 is 46.7 Å². The lowest BCUT2D eigenvalue weighted by atomic mass is 9.98. The number of hydrogen-bond donors (Lipinski definition) is 2. The van der Waals surface area contributed by atoms with E-state index in [0.29, 0.717) is 38.4 Å². The van der Waals surface area contributed by atoms with Gasteiger partial charge in [-0.25, -0.2) is 14.8 Å². The lowest BCUT2D eigenvalue weighted by Crippen LogP contribution is -2.76. The van der Waals surface area contributed by atoms with Crippen molar-refractivity contribution in [1.29, 1.82) is 0 Å². The summed E-state index contributed by atoms with van der Waals surface area (Å²) in [4.78, 5) is 46.9. The number of halogens is 2. The first-order chi connectivity index (χ1) is 22.4. The van der Waals surface area contributed by atoms with Crippen molar-refractivity contribution in [3.63, 3.8) is 0 Å². The van der Waals surface area contributed by atoms with E-state index in [9.17, 15) is 19.5 Å². The Kier molecular flexibility index (Phi) is 10.2. The number of para-hydroxylation sites is 1. The third-order valence-corrected chi connectivity index (χ3v) is 8.85. The van der Waals surface area contributed by atoms with Crippen LogP contribution in [0.2, 0.25) is 10.0 Å². The Morgan fingerprint density at radius 1 is 1.04 bits per heavy atom. The highest BCUT2D eigenvalue weighted by Gasteiger charge is 2.50. The summed E-state index contributed by atoms with van der Waals surface area (Å²) in [5.41, 5.74) is 2.87. The second-order valence-corrected chi connectivity index (χ2v) is 12.5. The number of nitrogens with zero attached hydrogens (tertiary/aromatic N) is 5. The molecule has 0 aliphatic carbocycles. The van der Waals surface area contributed by atoms with Gasteiger partial charge in [0.1, 0.15) is 18.0 Å². The maximum atomic E-state index is 14.3. The van der Waals surface area contributed by atoms with Gasteiger partial charge in [0.2, 0.25) is 11.8 Å². The molecule has 0 aromatic heterocycles. The fourth-order valence-corrected chi connectivity index (χ4v) is 7.00. The molecule has 12 nitrogen and oxygen atoms in total. The van der Waals surface area contributed by atoms with Crippen LogP contribution in [0.5, 0.6) is 17.2 Å². The molecule has 2 atom stereocenters. The number of benzene rings is 3. The summed E-state index contributed by atoms with van der Waals surface area (Å²) in [5, 5.41) is 16.7. The molecule has 3 aromatic rings. The van der Waals surface area contributed by atoms with Crippen molar-refractivity contribution in [3.05, 3.63) is 81.3 Å². The number of phenolic OH excluding ortho intramolecular Hbond substituents is 1. The zero-order chi connectivity index (χ0) is 34.0. The summed E-state index contributed by atoms with van der Waals surface area (Å²) in [6.07, 6.45) is -0.653. The van der Waals surface area contributed by atoms with Crippen molar-refractivity contribution < 1.29 is 29.0 Å². The summed E-state index contributed by atoms with van der Waals surface area (Å²) in [5.74, 6) is 0.549. The predicted molar refractivity (Wildman–Crippen MR) is 179 cm³/mol. The minimum Gasteiger partial charge on any atom is -0.508 e. The molecule has 2 saturated heterocycles. The van der Waals surface area contributed by atoms with Crippen LogP contribution in [0.25, 0.3) is 0 Å².